The maximum absolute atomic E-state index is 11.6. The van der Waals surface area contributed by atoms with Gasteiger partial charge in [0.2, 0.25) is 0 Å². The lowest BCUT2D eigenvalue weighted by atomic mass is 9.97. The minimum absolute atomic E-state index is 0.0445. The van der Waals surface area contributed by atoms with Crippen molar-refractivity contribution in [2.24, 2.45) is 11.3 Å². The highest BCUT2D eigenvalue weighted by molar-refractivity contribution is 5.74. The summed E-state index contributed by atoms with van der Waals surface area (Å²) in [7, 11) is 0. The predicted octanol–water partition coefficient (Wildman–Crippen LogP) is 3.55. The monoisotopic (exact) mass is 242 g/mol. The first-order valence-corrected chi connectivity index (χ1v) is 6.75. The van der Waals surface area contributed by atoms with Crippen LogP contribution in [0.25, 0.3) is 0 Å². The lowest BCUT2D eigenvalue weighted by Gasteiger charge is -2.20. The number of urea groups is 1. The highest BCUT2D eigenvalue weighted by Gasteiger charge is 2.13. The average Bonchev–Trinajstić information content (AvgIpc) is 2.13. The van der Waals surface area contributed by atoms with Crippen LogP contribution in [-0.2, 0) is 0 Å². The molecular weight excluding hydrogens is 212 g/mol. The third-order valence-electron chi connectivity index (χ3n) is 2.58. The third-order valence-corrected chi connectivity index (χ3v) is 2.58. The highest BCUT2D eigenvalue weighted by atomic mass is 16.2. The summed E-state index contributed by atoms with van der Waals surface area (Å²) < 4.78 is 0. The number of carbonyl (C=O) groups is 1. The molecule has 0 saturated carbocycles. The van der Waals surface area contributed by atoms with Gasteiger partial charge in [-0.1, -0.05) is 47.5 Å². The predicted molar refractivity (Wildman–Crippen MR) is 74.1 cm³/mol. The van der Waals surface area contributed by atoms with Crippen molar-refractivity contribution in [1.29, 1.82) is 0 Å². The van der Waals surface area contributed by atoms with Crippen LogP contribution in [0.5, 0.6) is 0 Å². The summed E-state index contributed by atoms with van der Waals surface area (Å²) in [5.74, 6) is 0.747. The summed E-state index contributed by atoms with van der Waals surface area (Å²) in [4.78, 5) is 11.6. The molecule has 0 saturated heterocycles. The van der Waals surface area contributed by atoms with E-state index in [1.165, 1.54) is 12.8 Å². The molecule has 0 fully saturated rings. The lowest BCUT2D eigenvalue weighted by molar-refractivity contribution is 0.231. The second-order valence-corrected chi connectivity index (χ2v) is 6.61. The van der Waals surface area contributed by atoms with Crippen molar-refractivity contribution in [2.45, 2.75) is 66.8 Å². The van der Waals surface area contributed by atoms with Crippen LogP contribution in [0.2, 0.25) is 0 Å². The fraction of sp³-hybridized carbons (Fsp3) is 0.929. The molecule has 0 heterocycles. The van der Waals surface area contributed by atoms with Crippen LogP contribution in [0.4, 0.5) is 4.79 Å². The second-order valence-electron chi connectivity index (χ2n) is 6.61. The summed E-state index contributed by atoms with van der Waals surface area (Å²) >= 11 is 0. The first-order valence-electron chi connectivity index (χ1n) is 6.75. The zero-order chi connectivity index (χ0) is 13.5. The topological polar surface area (TPSA) is 41.1 Å². The van der Waals surface area contributed by atoms with Gasteiger partial charge in [0.05, 0.1) is 0 Å². The van der Waals surface area contributed by atoms with E-state index in [0.717, 1.165) is 12.3 Å². The van der Waals surface area contributed by atoms with Gasteiger partial charge in [0.1, 0.15) is 0 Å². The van der Waals surface area contributed by atoms with Crippen LogP contribution in [-0.4, -0.2) is 18.6 Å². The Labute approximate surface area is 107 Å². The summed E-state index contributed by atoms with van der Waals surface area (Å²) in [6.45, 7) is 13.6. The van der Waals surface area contributed by atoms with Crippen LogP contribution in [0.15, 0.2) is 0 Å². The van der Waals surface area contributed by atoms with Crippen molar-refractivity contribution in [3.63, 3.8) is 0 Å². The van der Waals surface area contributed by atoms with Gasteiger partial charge in [0.25, 0.3) is 0 Å². The van der Waals surface area contributed by atoms with Gasteiger partial charge in [0, 0.05) is 12.6 Å². The standard InChI is InChI=1S/C14H30N2O/c1-11(2)8-7-9-12(3)16-13(17)15-10-14(4,5)6/h11-12H,7-10H2,1-6H3,(H2,15,16,17). The fourth-order valence-corrected chi connectivity index (χ4v) is 1.52. The van der Waals surface area contributed by atoms with E-state index in [1.807, 2.05) is 0 Å². The molecule has 0 spiro atoms. The Morgan fingerprint density at radius 2 is 1.71 bits per heavy atom. The molecule has 0 aromatic rings. The van der Waals surface area contributed by atoms with Gasteiger partial charge in [-0.15, -0.1) is 0 Å². The molecule has 0 aromatic carbocycles. The van der Waals surface area contributed by atoms with E-state index < -0.39 is 0 Å². The maximum atomic E-state index is 11.6. The van der Waals surface area contributed by atoms with Crippen LogP contribution in [0.1, 0.15) is 60.8 Å². The van der Waals surface area contributed by atoms with Gasteiger partial charge in [-0.05, 0) is 24.7 Å². The molecule has 102 valence electrons. The molecule has 2 N–H and O–H groups in total. The molecule has 1 unspecified atom stereocenters. The molecule has 17 heavy (non-hydrogen) atoms. The Hall–Kier alpha value is -0.730. The van der Waals surface area contributed by atoms with E-state index in [9.17, 15) is 4.79 Å². The molecule has 0 aliphatic rings. The Morgan fingerprint density at radius 3 is 2.18 bits per heavy atom. The first kappa shape index (κ1) is 16.3. The van der Waals surface area contributed by atoms with E-state index in [1.54, 1.807) is 0 Å². The SMILES string of the molecule is CC(C)CCCC(C)NC(=O)NCC(C)(C)C. The quantitative estimate of drug-likeness (QED) is 0.735. The van der Waals surface area contributed by atoms with Gasteiger partial charge in [0.15, 0.2) is 0 Å². The van der Waals surface area contributed by atoms with E-state index in [4.69, 9.17) is 0 Å². The molecule has 0 rings (SSSR count). The minimum atomic E-state index is -0.0445. The number of nitrogens with one attached hydrogen (secondary N) is 2. The molecule has 2 amide bonds. The van der Waals surface area contributed by atoms with Gasteiger partial charge in [-0.2, -0.15) is 0 Å². The van der Waals surface area contributed by atoms with E-state index in [0.29, 0.717) is 6.54 Å². The zero-order valence-corrected chi connectivity index (χ0v) is 12.4. The summed E-state index contributed by atoms with van der Waals surface area (Å²) in [6.07, 6.45) is 3.47. The molecule has 1 atom stereocenters. The van der Waals surface area contributed by atoms with Gasteiger partial charge in [-0.3, -0.25) is 0 Å². The van der Waals surface area contributed by atoms with Crippen LogP contribution in [0, 0.1) is 11.3 Å². The minimum Gasteiger partial charge on any atom is -0.338 e. The average molecular weight is 242 g/mol. The van der Waals surface area contributed by atoms with E-state index in [2.05, 4.69) is 52.2 Å². The Morgan fingerprint density at radius 1 is 1.12 bits per heavy atom. The fourth-order valence-electron chi connectivity index (χ4n) is 1.52. The highest BCUT2D eigenvalue weighted by Crippen LogP contribution is 2.10. The summed E-state index contributed by atoms with van der Waals surface area (Å²) in [5, 5.41) is 5.88. The molecular formula is C14H30N2O. The number of hydrogen-bond donors (Lipinski definition) is 2. The Balaban J connectivity index is 3.66. The normalized spacial score (nSPS) is 13.6. The third kappa shape index (κ3) is 11.5. The van der Waals surface area contributed by atoms with Crippen molar-refractivity contribution in [1.82, 2.24) is 10.6 Å². The molecule has 0 aromatic heterocycles. The van der Waals surface area contributed by atoms with Gasteiger partial charge < -0.3 is 10.6 Å². The molecule has 0 aliphatic heterocycles. The van der Waals surface area contributed by atoms with Crippen LogP contribution in [0.3, 0.4) is 0 Å². The number of hydrogen-bond acceptors (Lipinski definition) is 1. The smallest absolute Gasteiger partial charge is 0.315 e. The first-order chi connectivity index (χ1) is 7.70. The molecule has 3 heteroatoms. The van der Waals surface area contributed by atoms with E-state index in [-0.39, 0.29) is 17.5 Å². The number of rotatable bonds is 6. The number of amides is 2. The van der Waals surface area contributed by atoms with Crippen molar-refractivity contribution in [3.05, 3.63) is 0 Å². The van der Waals surface area contributed by atoms with Crippen LogP contribution < -0.4 is 10.6 Å². The molecule has 3 nitrogen and oxygen atoms in total. The van der Waals surface area contributed by atoms with Crippen molar-refractivity contribution >= 4 is 6.03 Å². The maximum Gasteiger partial charge on any atom is 0.315 e. The van der Waals surface area contributed by atoms with Crippen molar-refractivity contribution in [3.8, 4) is 0 Å². The van der Waals surface area contributed by atoms with Gasteiger partial charge in [-0.25, -0.2) is 4.79 Å². The lowest BCUT2D eigenvalue weighted by Crippen LogP contribution is -2.43. The second kappa shape index (κ2) is 7.57. The van der Waals surface area contributed by atoms with Crippen molar-refractivity contribution in [2.75, 3.05) is 6.54 Å². The van der Waals surface area contributed by atoms with E-state index >= 15 is 0 Å². The zero-order valence-electron chi connectivity index (χ0n) is 12.4. The summed E-state index contributed by atoms with van der Waals surface area (Å²) in [6, 6.07) is 0.214. The van der Waals surface area contributed by atoms with Crippen molar-refractivity contribution < 1.29 is 4.79 Å². The van der Waals surface area contributed by atoms with Gasteiger partial charge >= 0.3 is 6.03 Å². The molecule has 0 bridgehead atoms. The Kier molecular flexibility index (Phi) is 7.24. The molecule has 0 radical (unpaired) electrons. The largest absolute Gasteiger partial charge is 0.338 e. The van der Waals surface area contributed by atoms with Crippen LogP contribution >= 0.6 is 0 Å². The summed E-state index contributed by atoms with van der Waals surface area (Å²) in [5.41, 5.74) is 0.137. The molecule has 0 aliphatic carbocycles. The Bertz CT molecular complexity index is 219. The number of carbonyl (C=O) groups excluding carboxylic acids is 1.